The minimum atomic E-state index is -0.184. The third kappa shape index (κ3) is 4.06. The molecule has 3 heteroatoms. The summed E-state index contributed by atoms with van der Waals surface area (Å²) in [5, 5.41) is 0. The molecule has 2 N–H and O–H groups in total. The van der Waals surface area contributed by atoms with Gasteiger partial charge >= 0.3 is 0 Å². The fraction of sp³-hybridized carbons (Fsp3) is 0.600. The Kier molecular flexibility index (Phi) is 5.19. The molecule has 0 heterocycles. The summed E-state index contributed by atoms with van der Waals surface area (Å²) in [5.74, 6) is 0.697. The minimum Gasteiger partial charge on any atom is -0.327 e. The highest BCUT2D eigenvalue weighted by molar-refractivity contribution is 9.10. The van der Waals surface area contributed by atoms with Gasteiger partial charge in [-0.3, -0.25) is 0 Å². The van der Waals surface area contributed by atoms with E-state index in [-0.39, 0.29) is 11.9 Å². The second kappa shape index (κ2) is 6.67. The van der Waals surface area contributed by atoms with Crippen LogP contribution in [0.2, 0.25) is 0 Å². The first-order valence-electron chi connectivity index (χ1n) is 6.84. The van der Waals surface area contributed by atoms with E-state index in [1.165, 1.54) is 38.2 Å². The molecule has 0 bridgehead atoms. The van der Waals surface area contributed by atoms with Crippen LogP contribution < -0.4 is 5.73 Å². The molecule has 1 aliphatic carbocycles. The van der Waals surface area contributed by atoms with Crippen molar-refractivity contribution < 1.29 is 4.39 Å². The molecule has 1 fully saturated rings. The minimum absolute atomic E-state index is 0.142. The summed E-state index contributed by atoms with van der Waals surface area (Å²) in [5.41, 5.74) is 7.14. The van der Waals surface area contributed by atoms with E-state index in [9.17, 15) is 4.39 Å². The van der Waals surface area contributed by atoms with Crippen molar-refractivity contribution in [3.05, 3.63) is 34.1 Å². The molecule has 0 radical (unpaired) electrons. The molecule has 0 spiro atoms. The predicted octanol–water partition coefficient (Wildman–Crippen LogP) is 4.43. The average molecular weight is 314 g/mol. The molecule has 2 rings (SSSR count). The van der Waals surface area contributed by atoms with Crippen molar-refractivity contribution in [2.75, 3.05) is 0 Å². The van der Waals surface area contributed by atoms with Gasteiger partial charge in [0, 0.05) is 10.5 Å². The average Bonchev–Trinajstić information content (AvgIpc) is 2.84. The smallest absolute Gasteiger partial charge is 0.123 e. The summed E-state index contributed by atoms with van der Waals surface area (Å²) in [6.45, 7) is 0. The first kappa shape index (κ1) is 14.0. The zero-order valence-corrected chi connectivity index (χ0v) is 12.3. The van der Waals surface area contributed by atoms with Gasteiger partial charge in [0.2, 0.25) is 0 Å². The van der Waals surface area contributed by atoms with Gasteiger partial charge < -0.3 is 5.73 Å². The largest absolute Gasteiger partial charge is 0.327 e. The standard InChI is InChI=1S/C15H21BrFN/c16-15-8-6-13(17)9-12(15)10-14(18)7-5-11-3-1-2-4-11/h6,8-9,11,14H,1-5,7,10,18H2. The Morgan fingerprint density at radius 1 is 1.33 bits per heavy atom. The van der Waals surface area contributed by atoms with Crippen LogP contribution in [0.25, 0.3) is 0 Å². The molecule has 1 nitrogen and oxygen atoms in total. The summed E-state index contributed by atoms with van der Waals surface area (Å²) < 4.78 is 14.1. The first-order valence-corrected chi connectivity index (χ1v) is 7.64. The van der Waals surface area contributed by atoms with Gasteiger partial charge in [-0.2, -0.15) is 0 Å². The van der Waals surface area contributed by atoms with Gasteiger partial charge in [-0.15, -0.1) is 0 Å². The van der Waals surface area contributed by atoms with E-state index in [0.29, 0.717) is 0 Å². The van der Waals surface area contributed by atoms with Crippen LogP contribution in [0.3, 0.4) is 0 Å². The van der Waals surface area contributed by atoms with Crippen LogP contribution >= 0.6 is 15.9 Å². The van der Waals surface area contributed by atoms with E-state index in [2.05, 4.69) is 15.9 Å². The lowest BCUT2D eigenvalue weighted by Crippen LogP contribution is -2.23. The van der Waals surface area contributed by atoms with E-state index in [1.54, 1.807) is 12.1 Å². The van der Waals surface area contributed by atoms with Crippen molar-refractivity contribution in [3.63, 3.8) is 0 Å². The van der Waals surface area contributed by atoms with Crippen LogP contribution in [-0.4, -0.2) is 6.04 Å². The highest BCUT2D eigenvalue weighted by Crippen LogP contribution is 2.29. The number of benzene rings is 1. The van der Waals surface area contributed by atoms with Crippen molar-refractivity contribution in [2.45, 2.75) is 51.0 Å². The Balaban J connectivity index is 1.82. The van der Waals surface area contributed by atoms with Crippen LogP contribution in [0.1, 0.15) is 44.1 Å². The molecule has 1 aromatic carbocycles. The normalized spacial score (nSPS) is 18.2. The van der Waals surface area contributed by atoms with Crippen LogP contribution in [0.4, 0.5) is 4.39 Å². The van der Waals surface area contributed by atoms with E-state index < -0.39 is 0 Å². The van der Waals surface area contributed by atoms with Gasteiger partial charge in [-0.25, -0.2) is 4.39 Å². The Labute approximate surface area is 117 Å². The van der Waals surface area contributed by atoms with E-state index in [0.717, 1.165) is 28.8 Å². The third-order valence-corrected chi connectivity index (χ3v) is 4.68. The molecule has 1 aliphatic rings. The number of hydrogen-bond donors (Lipinski definition) is 1. The Morgan fingerprint density at radius 2 is 2.06 bits per heavy atom. The van der Waals surface area contributed by atoms with E-state index in [4.69, 9.17) is 5.73 Å². The maximum absolute atomic E-state index is 13.2. The second-order valence-electron chi connectivity index (χ2n) is 5.43. The molecule has 0 saturated heterocycles. The van der Waals surface area contributed by atoms with Crippen LogP contribution in [0.5, 0.6) is 0 Å². The lowest BCUT2D eigenvalue weighted by atomic mass is 9.95. The third-order valence-electron chi connectivity index (χ3n) is 3.91. The fourth-order valence-corrected chi connectivity index (χ4v) is 3.24. The maximum atomic E-state index is 13.2. The maximum Gasteiger partial charge on any atom is 0.123 e. The fourth-order valence-electron chi connectivity index (χ4n) is 2.83. The van der Waals surface area contributed by atoms with E-state index >= 15 is 0 Å². The van der Waals surface area contributed by atoms with Crippen molar-refractivity contribution in [3.8, 4) is 0 Å². The lowest BCUT2D eigenvalue weighted by Gasteiger charge is -2.15. The quantitative estimate of drug-likeness (QED) is 0.855. The molecular weight excluding hydrogens is 293 g/mol. The summed E-state index contributed by atoms with van der Waals surface area (Å²) in [4.78, 5) is 0. The topological polar surface area (TPSA) is 26.0 Å². The van der Waals surface area contributed by atoms with Crippen LogP contribution in [-0.2, 0) is 6.42 Å². The number of hydrogen-bond acceptors (Lipinski definition) is 1. The monoisotopic (exact) mass is 313 g/mol. The van der Waals surface area contributed by atoms with Crippen molar-refractivity contribution in [2.24, 2.45) is 11.7 Å². The number of halogens is 2. The SMILES string of the molecule is NC(CCC1CCCC1)Cc1cc(F)ccc1Br. The zero-order valence-electron chi connectivity index (χ0n) is 10.7. The molecule has 18 heavy (non-hydrogen) atoms. The Bertz CT molecular complexity index is 388. The molecule has 100 valence electrons. The summed E-state index contributed by atoms with van der Waals surface area (Å²) in [6.07, 6.45) is 8.55. The summed E-state index contributed by atoms with van der Waals surface area (Å²) in [6, 6.07) is 4.95. The van der Waals surface area contributed by atoms with Gasteiger partial charge in [0.25, 0.3) is 0 Å². The van der Waals surface area contributed by atoms with E-state index in [1.807, 2.05) is 0 Å². The molecule has 1 unspecified atom stereocenters. The zero-order chi connectivity index (χ0) is 13.0. The van der Waals surface area contributed by atoms with Crippen LogP contribution in [0.15, 0.2) is 22.7 Å². The summed E-state index contributed by atoms with van der Waals surface area (Å²) >= 11 is 3.45. The molecule has 0 amide bonds. The highest BCUT2D eigenvalue weighted by atomic mass is 79.9. The first-order chi connectivity index (χ1) is 8.65. The predicted molar refractivity (Wildman–Crippen MR) is 77.0 cm³/mol. The molecule has 1 saturated carbocycles. The van der Waals surface area contributed by atoms with Gasteiger partial charge in [-0.05, 0) is 48.9 Å². The van der Waals surface area contributed by atoms with Gasteiger partial charge in [0.1, 0.15) is 5.82 Å². The molecule has 1 aromatic rings. The molecular formula is C15H21BrFN. The Hall–Kier alpha value is -0.410. The van der Waals surface area contributed by atoms with Gasteiger partial charge in [0.15, 0.2) is 0 Å². The van der Waals surface area contributed by atoms with Gasteiger partial charge in [0.05, 0.1) is 0 Å². The molecule has 1 atom stereocenters. The highest BCUT2D eigenvalue weighted by Gasteiger charge is 2.16. The molecule has 0 aromatic heterocycles. The summed E-state index contributed by atoms with van der Waals surface area (Å²) in [7, 11) is 0. The van der Waals surface area contributed by atoms with Gasteiger partial charge in [-0.1, -0.05) is 41.6 Å². The molecule has 0 aliphatic heterocycles. The number of nitrogens with two attached hydrogens (primary N) is 1. The van der Waals surface area contributed by atoms with Crippen molar-refractivity contribution in [1.29, 1.82) is 0 Å². The lowest BCUT2D eigenvalue weighted by molar-refractivity contribution is 0.446. The van der Waals surface area contributed by atoms with Crippen LogP contribution in [0, 0.1) is 11.7 Å². The number of rotatable bonds is 5. The second-order valence-corrected chi connectivity index (χ2v) is 6.28. The Morgan fingerprint density at radius 3 is 2.78 bits per heavy atom. The van der Waals surface area contributed by atoms with Crippen molar-refractivity contribution in [1.82, 2.24) is 0 Å². The van der Waals surface area contributed by atoms with Crippen molar-refractivity contribution >= 4 is 15.9 Å².